The van der Waals surface area contributed by atoms with Gasteiger partial charge in [0.1, 0.15) is 0 Å². The predicted octanol–water partition coefficient (Wildman–Crippen LogP) is 4.23. The molecule has 0 aromatic heterocycles. The fraction of sp³-hybridized carbons (Fsp3) is 0.300. The summed E-state index contributed by atoms with van der Waals surface area (Å²) < 4.78 is 0. The highest BCUT2D eigenvalue weighted by Gasteiger charge is 2.14. The number of rotatable bonds is 5. The minimum Gasteiger partial charge on any atom is -0.345 e. The largest absolute Gasteiger partial charge is 0.345 e. The zero-order valence-corrected chi connectivity index (χ0v) is 15.8. The third-order valence-corrected chi connectivity index (χ3v) is 4.34. The monoisotopic (exact) mass is 358 g/mol. The first-order valence-electron chi connectivity index (χ1n) is 8.15. The average Bonchev–Trinajstić information content (AvgIpc) is 2.55. The molecule has 0 unspecified atom stereocenters. The molecule has 0 spiro atoms. The highest BCUT2D eigenvalue weighted by Crippen LogP contribution is 2.22. The molecule has 2 aromatic rings. The summed E-state index contributed by atoms with van der Waals surface area (Å²) in [6.45, 7) is 4.11. The summed E-state index contributed by atoms with van der Waals surface area (Å²) in [5, 5.41) is 3.20. The molecule has 5 heteroatoms. The standard InChI is InChI=1S/C20H23ClN2O2/c1-13-5-6-15(14(2)11-13)7-10-19(24)22-16-8-9-18(21)17(12-16)20(25)23(3)4/h5-6,8-9,11-12H,7,10H2,1-4H3,(H,22,24). The van der Waals surface area contributed by atoms with Crippen LogP contribution in [0.2, 0.25) is 5.02 Å². The van der Waals surface area contributed by atoms with Crippen LogP contribution < -0.4 is 5.32 Å². The lowest BCUT2D eigenvalue weighted by atomic mass is 10.0. The normalized spacial score (nSPS) is 10.4. The summed E-state index contributed by atoms with van der Waals surface area (Å²) in [6, 6.07) is 11.2. The van der Waals surface area contributed by atoms with Gasteiger partial charge in [0.2, 0.25) is 5.91 Å². The molecule has 0 aliphatic rings. The van der Waals surface area contributed by atoms with Gasteiger partial charge in [-0.1, -0.05) is 35.4 Å². The van der Waals surface area contributed by atoms with Crippen molar-refractivity contribution in [1.82, 2.24) is 4.90 Å². The van der Waals surface area contributed by atoms with Gasteiger partial charge in [0.25, 0.3) is 5.91 Å². The Labute approximate surface area is 153 Å². The molecule has 132 valence electrons. The fourth-order valence-corrected chi connectivity index (χ4v) is 2.80. The topological polar surface area (TPSA) is 49.4 Å². The molecule has 0 saturated carbocycles. The van der Waals surface area contributed by atoms with Gasteiger partial charge in [-0.2, -0.15) is 0 Å². The van der Waals surface area contributed by atoms with E-state index in [1.165, 1.54) is 21.6 Å². The molecule has 25 heavy (non-hydrogen) atoms. The van der Waals surface area contributed by atoms with Crippen LogP contribution >= 0.6 is 11.6 Å². The zero-order chi connectivity index (χ0) is 18.6. The number of aryl methyl sites for hydroxylation is 3. The Balaban J connectivity index is 2.03. The van der Waals surface area contributed by atoms with Crippen LogP contribution in [0.1, 0.15) is 33.5 Å². The number of carbonyl (C=O) groups is 2. The van der Waals surface area contributed by atoms with E-state index in [9.17, 15) is 9.59 Å². The number of halogens is 1. The number of hydrogen-bond acceptors (Lipinski definition) is 2. The number of amides is 2. The fourth-order valence-electron chi connectivity index (χ4n) is 2.61. The molecule has 2 rings (SSSR count). The van der Waals surface area contributed by atoms with Gasteiger partial charge in [-0.3, -0.25) is 9.59 Å². The molecule has 1 N–H and O–H groups in total. The van der Waals surface area contributed by atoms with E-state index in [1.54, 1.807) is 32.3 Å². The summed E-state index contributed by atoms with van der Waals surface area (Å²) in [7, 11) is 3.32. The van der Waals surface area contributed by atoms with Crippen LogP contribution in [0.25, 0.3) is 0 Å². The van der Waals surface area contributed by atoms with Gasteiger partial charge in [-0.15, -0.1) is 0 Å². The Morgan fingerprint density at radius 3 is 2.44 bits per heavy atom. The summed E-state index contributed by atoms with van der Waals surface area (Å²) in [5.41, 5.74) is 4.52. The lowest BCUT2D eigenvalue weighted by Gasteiger charge is -2.13. The van der Waals surface area contributed by atoms with Crippen molar-refractivity contribution in [3.05, 3.63) is 63.7 Å². The van der Waals surface area contributed by atoms with E-state index in [0.29, 0.717) is 29.1 Å². The van der Waals surface area contributed by atoms with Crippen LogP contribution in [0.5, 0.6) is 0 Å². The molecule has 0 atom stereocenters. The van der Waals surface area contributed by atoms with Gasteiger partial charge < -0.3 is 10.2 Å². The van der Waals surface area contributed by atoms with Crippen molar-refractivity contribution < 1.29 is 9.59 Å². The van der Waals surface area contributed by atoms with Crippen molar-refractivity contribution >= 4 is 29.1 Å². The third kappa shape index (κ3) is 5.07. The first kappa shape index (κ1) is 19.0. The van der Waals surface area contributed by atoms with Crippen molar-refractivity contribution in [3.63, 3.8) is 0 Å². The molecule has 4 nitrogen and oxygen atoms in total. The Bertz CT molecular complexity index is 800. The van der Waals surface area contributed by atoms with Gasteiger partial charge in [-0.05, 0) is 49.6 Å². The number of carbonyl (C=O) groups excluding carboxylic acids is 2. The Kier molecular flexibility index (Phi) is 6.21. The molecule has 0 aliphatic heterocycles. The Morgan fingerprint density at radius 1 is 1.08 bits per heavy atom. The predicted molar refractivity (Wildman–Crippen MR) is 102 cm³/mol. The van der Waals surface area contributed by atoms with Crippen molar-refractivity contribution in [1.29, 1.82) is 0 Å². The first-order valence-corrected chi connectivity index (χ1v) is 8.53. The van der Waals surface area contributed by atoms with Crippen LogP contribution in [-0.2, 0) is 11.2 Å². The van der Waals surface area contributed by atoms with E-state index in [1.807, 2.05) is 0 Å². The van der Waals surface area contributed by atoms with E-state index < -0.39 is 0 Å². The summed E-state index contributed by atoms with van der Waals surface area (Å²) in [4.78, 5) is 25.8. The molecular weight excluding hydrogens is 336 g/mol. The molecule has 0 bridgehead atoms. The lowest BCUT2D eigenvalue weighted by Crippen LogP contribution is -2.22. The minimum absolute atomic E-state index is 0.0921. The van der Waals surface area contributed by atoms with Crippen LogP contribution in [0, 0.1) is 13.8 Å². The maximum Gasteiger partial charge on any atom is 0.254 e. The second-order valence-corrected chi connectivity index (χ2v) is 6.78. The number of benzene rings is 2. The van der Waals surface area contributed by atoms with Gasteiger partial charge in [0.15, 0.2) is 0 Å². The van der Waals surface area contributed by atoms with Crippen LogP contribution in [-0.4, -0.2) is 30.8 Å². The van der Waals surface area contributed by atoms with Crippen molar-refractivity contribution in [2.24, 2.45) is 0 Å². The van der Waals surface area contributed by atoms with Gasteiger partial charge in [-0.25, -0.2) is 0 Å². The molecule has 0 fully saturated rings. The number of nitrogens with zero attached hydrogens (tertiary/aromatic N) is 1. The molecular formula is C20H23ClN2O2. The van der Waals surface area contributed by atoms with Gasteiger partial charge in [0, 0.05) is 26.2 Å². The Morgan fingerprint density at radius 2 is 1.80 bits per heavy atom. The highest BCUT2D eigenvalue weighted by molar-refractivity contribution is 6.34. The van der Waals surface area contributed by atoms with Crippen LogP contribution in [0.15, 0.2) is 36.4 Å². The lowest BCUT2D eigenvalue weighted by molar-refractivity contribution is -0.116. The van der Waals surface area contributed by atoms with Crippen molar-refractivity contribution in [3.8, 4) is 0 Å². The molecule has 0 aliphatic carbocycles. The SMILES string of the molecule is Cc1ccc(CCC(=O)Nc2ccc(Cl)c(C(=O)N(C)C)c2)c(C)c1. The van der Waals surface area contributed by atoms with Gasteiger partial charge in [0.05, 0.1) is 10.6 Å². The average molecular weight is 359 g/mol. The Hall–Kier alpha value is -2.33. The molecule has 0 saturated heterocycles. The minimum atomic E-state index is -0.198. The first-order chi connectivity index (χ1) is 11.8. The smallest absolute Gasteiger partial charge is 0.254 e. The molecule has 2 amide bonds. The van der Waals surface area contributed by atoms with Crippen LogP contribution in [0.4, 0.5) is 5.69 Å². The summed E-state index contributed by atoms with van der Waals surface area (Å²) in [6.07, 6.45) is 1.05. The molecule has 0 radical (unpaired) electrons. The molecule has 2 aromatic carbocycles. The van der Waals surface area contributed by atoms with E-state index in [2.05, 4.69) is 37.4 Å². The van der Waals surface area contributed by atoms with E-state index in [-0.39, 0.29) is 11.8 Å². The second-order valence-electron chi connectivity index (χ2n) is 6.37. The number of nitrogens with one attached hydrogen (secondary N) is 1. The quantitative estimate of drug-likeness (QED) is 0.869. The number of hydrogen-bond donors (Lipinski definition) is 1. The summed E-state index contributed by atoms with van der Waals surface area (Å²) in [5.74, 6) is -0.290. The maximum absolute atomic E-state index is 12.2. The zero-order valence-electron chi connectivity index (χ0n) is 15.0. The van der Waals surface area contributed by atoms with E-state index in [0.717, 1.165) is 0 Å². The van der Waals surface area contributed by atoms with E-state index >= 15 is 0 Å². The van der Waals surface area contributed by atoms with E-state index in [4.69, 9.17) is 11.6 Å². The van der Waals surface area contributed by atoms with Crippen molar-refractivity contribution in [2.45, 2.75) is 26.7 Å². The number of anilines is 1. The molecule has 0 heterocycles. The third-order valence-electron chi connectivity index (χ3n) is 4.01. The summed E-state index contributed by atoms with van der Waals surface area (Å²) >= 11 is 6.08. The van der Waals surface area contributed by atoms with Crippen LogP contribution in [0.3, 0.4) is 0 Å². The van der Waals surface area contributed by atoms with Crippen molar-refractivity contribution in [2.75, 3.05) is 19.4 Å². The highest BCUT2D eigenvalue weighted by atomic mass is 35.5. The second kappa shape index (κ2) is 8.17. The van der Waals surface area contributed by atoms with Gasteiger partial charge >= 0.3 is 0 Å². The maximum atomic E-state index is 12.2.